The van der Waals surface area contributed by atoms with Crippen LogP contribution in [0.25, 0.3) is 0 Å². The summed E-state index contributed by atoms with van der Waals surface area (Å²) in [7, 11) is 0. The first-order chi connectivity index (χ1) is 8.60. The molecule has 2 atom stereocenters. The van der Waals surface area contributed by atoms with Crippen LogP contribution in [0.5, 0.6) is 11.5 Å². The summed E-state index contributed by atoms with van der Waals surface area (Å²) in [6.45, 7) is 8.14. The van der Waals surface area contributed by atoms with Crippen LogP contribution in [0.3, 0.4) is 0 Å². The van der Waals surface area contributed by atoms with Crippen LogP contribution in [-0.4, -0.2) is 12.2 Å². The van der Waals surface area contributed by atoms with Gasteiger partial charge >= 0.3 is 0 Å². The second-order valence-corrected chi connectivity index (χ2v) is 4.44. The quantitative estimate of drug-likeness (QED) is 0.765. The van der Waals surface area contributed by atoms with Gasteiger partial charge in [0.1, 0.15) is 17.6 Å². The third kappa shape index (κ3) is 3.96. The fourth-order valence-electron chi connectivity index (χ4n) is 1.38. The smallest absolute Gasteiger partial charge is 0.141 e. The van der Waals surface area contributed by atoms with Gasteiger partial charge in [0.2, 0.25) is 0 Å². The Labute approximate surface area is 109 Å². The van der Waals surface area contributed by atoms with Crippen LogP contribution < -0.4 is 9.47 Å². The standard InChI is InChI=1S/C15H21NO2/c1-5-11(3)17-14-8-7-13(10-16)15(9-14)18-12(4)6-2/h7-9,11-12H,5-6H2,1-4H3/t11-,12-/m1/s1. The molecule has 1 rings (SSSR count). The molecule has 3 nitrogen and oxygen atoms in total. The monoisotopic (exact) mass is 247 g/mol. The molecule has 18 heavy (non-hydrogen) atoms. The van der Waals surface area contributed by atoms with Crippen LogP contribution in [0.15, 0.2) is 18.2 Å². The van der Waals surface area contributed by atoms with Crippen molar-refractivity contribution in [3.05, 3.63) is 23.8 Å². The molecule has 0 saturated carbocycles. The zero-order valence-electron chi connectivity index (χ0n) is 11.6. The van der Waals surface area contributed by atoms with E-state index in [4.69, 9.17) is 14.7 Å². The van der Waals surface area contributed by atoms with Crippen LogP contribution in [0, 0.1) is 11.3 Å². The van der Waals surface area contributed by atoms with Gasteiger partial charge in [0, 0.05) is 6.07 Å². The van der Waals surface area contributed by atoms with Crippen molar-refractivity contribution in [2.45, 2.75) is 52.7 Å². The summed E-state index contributed by atoms with van der Waals surface area (Å²) in [5.74, 6) is 1.36. The van der Waals surface area contributed by atoms with E-state index in [2.05, 4.69) is 19.9 Å². The van der Waals surface area contributed by atoms with E-state index in [1.807, 2.05) is 19.9 Å². The van der Waals surface area contributed by atoms with Crippen LogP contribution in [0.2, 0.25) is 0 Å². The molecule has 1 aromatic carbocycles. The van der Waals surface area contributed by atoms with Crippen molar-refractivity contribution in [3.8, 4) is 17.6 Å². The molecule has 0 radical (unpaired) electrons. The highest BCUT2D eigenvalue weighted by Crippen LogP contribution is 2.26. The summed E-state index contributed by atoms with van der Waals surface area (Å²) in [5.41, 5.74) is 0.548. The normalized spacial score (nSPS) is 13.5. The minimum atomic E-state index is 0.0935. The maximum absolute atomic E-state index is 9.05. The molecule has 0 spiro atoms. The predicted octanol–water partition coefficient (Wildman–Crippen LogP) is 3.91. The maximum atomic E-state index is 9.05. The summed E-state index contributed by atoms with van der Waals surface area (Å²) >= 11 is 0. The van der Waals surface area contributed by atoms with Gasteiger partial charge in [-0.15, -0.1) is 0 Å². The molecule has 0 heterocycles. The molecule has 0 saturated heterocycles. The summed E-state index contributed by atoms with van der Waals surface area (Å²) in [6.07, 6.45) is 2.11. The van der Waals surface area contributed by atoms with Gasteiger partial charge in [-0.3, -0.25) is 0 Å². The van der Waals surface area contributed by atoms with E-state index in [0.717, 1.165) is 18.6 Å². The first kappa shape index (κ1) is 14.4. The Morgan fingerprint density at radius 3 is 2.28 bits per heavy atom. The van der Waals surface area contributed by atoms with Crippen LogP contribution in [0.4, 0.5) is 0 Å². The lowest BCUT2D eigenvalue weighted by Gasteiger charge is -2.17. The molecule has 0 aliphatic carbocycles. The Balaban J connectivity index is 2.91. The summed E-state index contributed by atoms with van der Waals surface area (Å²) in [5, 5.41) is 9.05. The largest absolute Gasteiger partial charge is 0.491 e. The number of hydrogen-bond acceptors (Lipinski definition) is 3. The number of rotatable bonds is 6. The Kier molecular flexibility index (Phi) is 5.51. The molecule has 0 aliphatic heterocycles. The Bertz CT molecular complexity index is 423. The van der Waals surface area contributed by atoms with Crippen LogP contribution in [-0.2, 0) is 0 Å². The van der Waals surface area contributed by atoms with Gasteiger partial charge < -0.3 is 9.47 Å². The van der Waals surface area contributed by atoms with Crippen molar-refractivity contribution >= 4 is 0 Å². The Hall–Kier alpha value is -1.69. The molecule has 0 N–H and O–H groups in total. The molecule has 0 unspecified atom stereocenters. The predicted molar refractivity (Wildman–Crippen MR) is 71.9 cm³/mol. The topological polar surface area (TPSA) is 42.2 Å². The summed E-state index contributed by atoms with van der Waals surface area (Å²) < 4.78 is 11.5. The second-order valence-electron chi connectivity index (χ2n) is 4.44. The minimum Gasteiger partial charge on any atom is -0.491 e. The van der Waals surface area contributed by atoms with E-state index in [-0.39, 0.29) is 12.2 Å². The van der Waals surface area contributed by atoms with E-state index < -0.39 is 0 Å². The highest BCUT2D eigenvalue weighted by molar-refractivity contribution is 5.47. The van der Waals surface area contributed by atoms with Crippen molar-refractivity contribution < 1.29 is 9.47 Å². The molecule has 0 amide bonds. The Morgan fingerprint density at radius 1 is 1.11 bits per heavy atom. The average molecular weight is 247 g/mol. The zero-order chi connectivity index (χ0) is 13.5. The Morgan fingerprint density at radius 2 is 1.72 bits per heavy atom. The first-order valence-electron chi connectivity index (χ1n) is 6.48. The molecule has 3 heteroatoms. The average Bonchev–Trinajstić information content (AvgIpc) is 2.38. The van der Waals surface area contributed by atoms with Gasteiger partial charge in [-0.05, 0) is 38.8 Å². The van der Waals surface area contributed by atoms with Crippen LogP contribution in [0.1, 0.15) is 46.1 Å². The fraction of sp³-hybridized carbons (Fsp3) is 0.533. The summed E-state index contributed by atoms with van der Waals surface area (Å²) in [6, 6.07) is 7.50. The molecule has 1 aromatic rings. The van der Waals surface area contributed by atoms with Gasteiger partial charge in [0.05, 0.1) is 17.8 Å². The third-order valence-electron chi connectivity index (χ3n) is 2.89. The lowest BCUT2D eigenvalue weighted by Crippen LogP contribution is -2.12. The number of benzene rings is 1. The van der Waals surface area contributed by atoms with Crippen LogP contribution >= 0.6 is 0 Å². The molecule has 0 aliphatic rings. The highest BCUT2D eigenvalue weighted by atomic mass is 16.5. The SMILES string of the molecule is CC[C@@H](C)Oc1ccc(C#N)c(O[C@H](C)CC)c1. The van der Waals surface area contributed by atoms with Gasteiger partial charge in [-0.1, -0.05) is 13.8 Å². The number of nitrogens with zero attached hydrogens (tertiary/aromatic N) is 1. The number of ether oxygens (including phenoxy) is 2. The van der Waals surface area contributed by atoms with Crippen molar-refractivity contribution in [2.24, 2.45) is 0 Å². The van der Waals surface area contributed by atoms with E-state index in [9.17, 15) is 0 Å². The van der Waals surface area contributed by atoms with E-state index in [0.29, 0.717) is 11.3 Å². The van der Waals surface area contributed by atoms with Crippen molar-refractivity contribution in [1.29, 1.82) is 5.26 Å². The molecular formula is C15H21NO2. The zero-order valence-corrected chi connectivity index (χ0v) is 11.6. The van der Waals surface area contributed by atoms with E-state index >= 15 is 0 Å². The van der Waals surface area contributed by atoms with Gasteiger partial charge in [0.25, 0.3) is 0 Å². The van der Waals surface area contributed by atoms with Crippen molar-refractivity contribution in [2.75, 3.05) is 0 Å². The van der Waals surface area contributed by atoms with Gasteiger partial charge in [0.15, 0.2) is 0 Å². The molecule has 0 aromatic heterocycles. The molecular weight excluding hydrogens is 226 g/mol. The third-order valence-corrected chi connectivity index (χ3v) is 2.89. The van der Waals surface area contributed by atoms with Gasteiger partial charge in [-0.2, -0.15) is 5.26 Å². The van der Waals surface area contributed by atoms with Crippen molar-refractivity contribution in [3.63, 3.8) is 0 Å². The van der Waals surface area contributed by atoms with Gasteiger partial charge in [-0.25, -0.2) is 0 Å². The lowest BCUT2D eigenvalue weighted by atomic mass is 10.2. The second kappa shape index (κ2) is 6.90. The first-order valence-corrected chi connectivity index (χ1v) is 6.48. The minimum absolute atomic E-state index is 0.0935. The lowest BCUT2D eigenvalue weighted by molar-refractivity contribution is 0.205. The van der Waals surface area contributed by atoms with E-state index in [1.54, 1.807) is 12.1 Å². The number of hydrogen-bond donors (Lipinski definition) is 0. The molecule has 0 fully saturated rings. The fourth-order valence-corrected chi connectivity index (χ4v) is 1.38. The number of nitriles is 1. The maximum Gasteiger partial charge on any atom is 0.141 e. The van der Waals surface area contributed by atoms with Crippen molar-refractivity contribution in [1.82, 2.24) is 0 Å². The molecule has 0 bridgehead atoms. The summed E-state index contributed by atoms with van der Waals surface area (Å²) in [4.78, 5) is 0. The van der Waals surface area contributed by atoms with E-state index in [1.165, 1.54) is 0 Å². The highest BCUT2D eigenvalue weighted by Gasteiger charge is 2.10. The molecule has 98 valence electrons.